The molecule has 1 fully saturated rings. The Hall–Kier alpha value is -2.76. The zero-order valence-electron chi connectivity index (χ0n) is 14.9. The molecular formula is C20H25N3O3. The first-order chi connectivity index (χ1) is 12.7. The van der Waals surface area contributed by atoms with Gasteiger partial charge >= 0.3 is 0 Å². The van der Waals surface area contributed by atoms with Crippen molar-refractivity contribution in [2.75, 3.05) is 25.0 Å². The molecule has 0 unspecified atom stereocenters. The van der Waals surface area contributed by atoms with Crippen LogP contribution in [0.25, 0.3) is 0 Å². The highest BCUT2D eigenvalue weighted by atomic mass is 16.3. The molecule has 0 aliphatic carbocycles. The molecule has 0 bridgehead atoms. The van der Waals surface area contributed by atoms with Gasteiger partial charge in [-0.1, -0.05) is 12.8 Å². The first-order valence-corrected chi connectivity index (χ1v) is 9.15. The lowest BCUT2D eigenvalue weighted by Crippen LogP contribution is -2.36. The number of nitrogens with one attached hydrogen (secondary N) is 2. The lowest BCUT2D eigenvalue weighted by Gasteiger charge is -2.20. The molecule has 0 atom stereocenters. The minimum Gasteiger partial charge on any atom is -0.467 e. The van der Waals surface area contributed by atoms with E-state index in [0.29, 0.717) is 17.9 Å². The first-order valence-electron chi connectivity index (χ1n) is 9.15. The average Bonchev–Trinajstić information content (AvgIpc) is 3.04. The van der Waals surface area contributed by atoms with Crippen molar-refractivity contribution in [3.8, 4) is 0 Å². The van der Waals surface area contributed by atoms with Crippen LogP contribution in [0.3, 0.4) is 0 Å². The third-order valence-electron chi connectivity index (χ3n) is 4.55. The van der Waals surface area contributed by atoms with Crippen molar-refractivity contribution in [3.05, 3.63) is 54.0 Å². The van der Waals surface area contributed by atoms with Crippen molar-refractivity contribution in [2.45, 2.75) is 32.2 Å². The minimum absolute atomic E-state index is 0.132. The third-order valence-corrected chi connectivity index (χ3v) is 4.55. The Morgan fingerprint density at radius 1 is 1.00 bits per heavy atom. The van der Waals surface area contributed by atoms with Gasteiger partial charge in [-0.3, -0.25) is 9.59 Å². The van der Waals surface area contributed by atoms with E-state index in [1.54, 1.807) is 24.5 Å². The molecule has 1 aliphatic rings. The van der Waals surface area contributed by atoms with Crippen LogP contribution in [-0.4, -0.2) is 36.3 Å². The molecule has 3 rings (SSSR count). The SMILES string of the molecule is O=C(NCc1ccco1)c1ccc(NCC(=O)N2CCCCCC2)cc1. The molecule has 1 aromatic carbocycles. The highest BCUT2D eigenvalue weighted by molar-refractivity contribution is 5.94. The Kier molecular flexibility index (Phi) is 6.30. The van der Waals surface area contributed by atoms with E-state index < -0.39 is 0 Å². The second-order valence-electron chi connectivity index (χ2n) is 6.49. The summed E-state index contributed by atoms with van der Waals surface area (Å²) in [6.07, 6.45) is 6.18. The summed E-state index contributed by atoms with van der Waals surface area (Å²) < 4.78 is 5.19. The predicted molar refractivity (Wildman–Crippen MR) is 99.9 cm³/mol. The van der Waals surface area contributed by atoms with Gasteiger partial charge in [-0.05, 0) is 49.2 Å². The van der Waals surface area contributed by atoms with E-state index in [-0.39, 0.29) is 18.4 Å². The van der Waals surface area contributed by atoms with Crippen molar-refractivity contribution < 1.29 is 14.0 Å². The van der Waals surface area contributed by atoms with Crippen LogP contribution in [-0.2, 0) is 11.3 Å². The normalized spacial score (nSPS) is 14.5. The molecule has 26 heavy (non-hydrogen) atoms. The van der Waals surface area contributed by atoms with Gasteiger partial charge in [0.1, 0.15) is 5.76 Å². The maximum atomic E-state index is 12.3. The van der Waals surface area contributed by atoms with E-state index in [1.807, 2.05) is 23.1 Å². The number of hydrogen-bond acceptors (Lipinski definition) is 4. The van der Waals surface area contributed by atoms with E-state index >= 15 is 0 Å². The van der Waals surface area contributed by atoms with Crippen molar-refractivity contribution in [1.29, 1.82) is 0 Å². The van der Waals surface area contributed by atoms with Crippen molar-refractivity contribution in [1.82, 2.24) is 10.2 Å². The first kappa shape index (κ1) is 18.0. The quantitative estimate of drug-likeness (QED) is 0.835. The number of likely N-dealkylation sites (tertiary alicyclic amines) is 1. The zero-order valence-corrected chi connectivity index (χ0v) is 14.9. The summed E-state index contributed by atoms with van der Waals surface area (Å²) in [6.45, 7) is 2.35. The van der Waals surface area contributed by atoms with Gasteiger partial charge in [-0.25, -0.2) is 0 Å². The smallest absolute Gasteiger partial charge is 0.251 e. The standard InChI is InChI=1S/C20H25N3O3/c24-19(23-11-3-1-2-4-12-23)15-21-17-9-7-16(8-10-17)20(25)22-14-18-6-5-13-26-18/h5-10,13,21H,1-4,11-12,14-15H2,(H,22,25). The summed E-state index contributed by atoms with van der Waals surface area (Å²) in [5, 5.41) is 5.95. The molecule has 6 nitrogen and oxygen atoms in total. The number of furan rings is 1. The molecule has 2 aromatic rings. The number of hydrogen-bond donors (Lipinski definition) is 2. The van der Waals surface area contributed by atoms with Gasteiger partial charge in [0.15, 0.2) is 0 Å². The van der Waals surface area contributed by atoms with Crippen LogP contribution in [0, 0.1) is 0 Å². The minimum atomic E-state index is -0.159. The molecule has 6 heteroatoms. The number of rotatable bonds is 6. The van der Waals surface area contributed by atoms with E-state index in [2.05, 4.69) is 10.6 Å². The van der Waals surface area contributed by atoms with Crippen LogP contribution in [0.2, 0.25) is 0 Å². The molecular weight excluding hydrogens is 330 g/mol. The molecule has 1 aromatic heterocycles. The highest BCUT2D eigenvalue weighted by Gasteiger charge is 2.15. The van der Waals surface area contributed by atoms with Gasteiger partial charge in [-0.15, -0.1) is 0 Å². The lowest BCUT2D eigenvalue weighted by atomic mass is 10.2. The zero-order chi connectivity index (χ0) is 18.2. The van der Waals surface area contributed by atoms with Gasteiger partial charge in [0, 0.05) is 24.3 Å². The lowest BCUT2D eigenvalue weighted by molar-refractivity contribution is -0.129. The third kappa shape index (κ3) is 5.12. The molecule has 2 N–H and O–H groups in total. The van der Waals surface area contributed by atoms with Crippen molar-refractivity contribution >= 4 is 17.5 Å². The summed E-state index contributed by atoms with van der Waals surface area (Å²) in [5.74, 6) is 0.685. The predicted octanol–water partition coefficient (Wildman–Crippen LogP) is 3.02. The molecule has 2 heterocycles. The van der Waals surface area contributed by atoms with Gasteiger partial charge in [0.05, 0.1) is 19.4 Å². The summed E-state index contributed by atoms with van der Waals surface area (Å²) in [6, 6.07) is 10.7. The van der Waals surface area contributed by atoms with Crippen molar-refractivity contribution in [2.24, 2.45) is 0 Å². The second-order valence-corrected chi connectivity index (χ2v) is 6.49. The number of carbonyl (C=O) groups is 2. The fourth-order valence-electron chi connectivity index (χ4n) is 3.03. The summed E-state index contributed by atoms with van der Waals surface area (Å²) in [4.78, 5) is 26.4. The summed E-state index contributed by atoms with van der Waals surface area (Å²) in [5.41, 5.74) is 1.40. The van der Waals surface area contributed by atoms with Gasteiger partial charge in [0.25, 0.3) is 5.91 Å². The van der Waals surface area contributed by atoms with Crippen LogP contribution in [0.4, 0.5) is 5.69 Å². The molecule has 1 saturated heterocycles. The maximum Gasteiger partial charge on any atom is 0.251 e. The maximum absolute atomic E-state index is 12.3. The fourth-order valence-corrected chi connectivity index (χ4v) is 3.03. The van der Waals surface area contributed by atoms with Crippen molar-refractivity contribution in [3.63, 3.8) is 0 Å². The van der Waals surface area contributed by atoms with E-state index in [1.165, 1.54) is 12.8 Å². The topological polar surface area (TPSA) is 74.6 Å². The number of benzene rings is 1. The van der Waals surface area contributed by atoms with Crippen LogP contribution in [0.5, 0.6) is 0 Å². The van der Waals surface area contributed by atoms with Gasteiger partial charge in [0.2, 0.25) is 5.91 Å². The number of nitrogens with zero attached hydrogens (tertiary/aromatic N) is 1. The van der Waals surface area contributed by atoms with Crippen LogP contribution in [0.1, 0.15) is 41.8 Å². The van der Waals surface area contributed by atoms with E-state index in [0.717, 1.165) is 31.6 Å². The molecule has 138 valence electrons. The largest absolute Gasteiger partial charge is 0.467 e. The number of anilines is 1. The number of amides is 2. The molecule has 0 spiro atoms. The number of carbonyl (C=O) groups excluding carboxylic acids is 2. The summed E-state index contributed by atoms with van der Waals surface area (Å²) >= 11 is 0. The molecule has 2 amide bonds. The Morgan fingerprint density at radius 2 is 1.73 bits per heavy atom. The fraction of sp³-hybridized carbons (Fsp3) is 0.400. The molecule has 0 radical (unpaired) electrons. The molecule has 1 aliphatic heterocycles. The van der Waals surface area contributed by atoms with E-state index in [4.69, 9.17) is 4.42 Å². The van der Waals surface area contributed by atoms with E-state index in [9.17, 15) is 9.59 Å². The van der Waals surface area contributed by atoms with Gasteiger partial charge < -0.3 is 20.0 Å². The Labute approximate surface area is 153 Å². The van der Waals surface area contributed by atoms with Crippen LogP contribution < -0.4 is 10.6 Å². The Morgan fingerprint density at radius 3 is 2.38 bits per heavy atom. The van der Waals surface area contributed by atoms with Crippen LogP contribution in [0.15, 0.2) is 47.1 Å². The Bertz CT molecular complexity index is 702. The highest BCUT2D eigenvalue weighted by Crippen LogP contribution is 2.12. The van der Waals surface area contributed by atoms with Crippen LogP contribution >= 0.6 is 0 Å². The second kappa shape index (κ2) is 9.08. The molecule has 0 saturated carbocycles. The monoisotopic (exact) mass is 355 g/mol. The Balaban J connectivity index is 1.46. The average molecular weight is 355 g/mol. The summed E-state index contributed by atoms with van der Waals surface area (Å²) in [7, 11) is 0. The van der Waals surface area contributed by atoms with Gasteiger partial charge in [-0.2, -0.15) is 0 Å².